The zero-order chi connectivity index (χ0) is 19.0. The van der Waals surface area contributed by atoms with E-state index in [2.05, 4.69) is 16.2 Å². The highest BCUT2D eigenvalue weighted by Crippen LogP contribution is 2.22. The van der Waals surface area contributed by atoms with Crippen molar-refractivity contribution in [3.63, 3.8) is 0 Å². The molecular formula is C20H19N5O2. The number of nitrogens with zero attached hydrogens (tertiary/aromatic N) is 5. The molecule has 0 N–H and O–H groups in total. The first-order valence-corrected chi connectivity index (χ1v) is 8.84. The summed E-state index contributed by atoms with van der Waals surface area (Å²) in [5.74, 6) is -0.00116. The topological polar surface area (TPSA) is 83.5 Å². The van der Waals surface area contributed by atoms with Gasteiger partial charge in [0.25, 0.3) is 5.91 Å². The van der Waals surface area contributed by atoms with Crippen LogP contribution in [0, 0.1) is 11.3 Å². The first-order valence-electron chi connectivity index (χ1n) is 8.84. The number of fused-ring (bicyclic) bond motifs is 1. The van der Waals surface area contributed by atoms with Crippen molar-refractivity contribution in [1.29, 1.82) is 5.26 Å². The van der Waals surface area contributed by atoms with Gasteiger partial charge < -0.3 is 9.64 Å². The third kappa shape index (κ3) is 3.27. The van der Waals surface area contributed by atoms with Crippen LogP contribution in [0.2, 0.25) is 0 Å². The second-order valence-electron chi connectivity index (χ2n) is 6.83. The zero-order valence-electron chi connectivity index (χ0n) is 15.2. The first kappa shape index (κ1) is 17.2. The minimum atomic E-state index is -0.00116. The highest BCUT2D eigenvalue weighted by molar-refractivity contribution is 5.95. The molecule has 3 heterocycles. The summed E-state index contributed by atoms with van der Waals surface area (Å²) >= 11 is 0. The smallest absolute Gasteiger partial charge is 0.254 e. The van der Waals surface area contributed by atoms with Gasteiger partial charge in [-0.15, -0.1) is 0 Å². The van der Waals surface area contributed by atoms with Crippen LogP contribution in [0.5, 0.6) is 0 Å². The Morgan fingerprint density at radius 3 is 2.74 bits per heavy atom. The van der Waals surface area contributed by atoms with Crippen LogP contribution in [-0.4, -0.2) is 50.7 Å². The number of carbonyl (C=O) groups excluding carboxylic acids is 1. The molecule has 1 aromatic carbocycles. The summed E-state index contributed by atoms with van der Waals surface area (Å²) in [6.45, 7) is 5.13. The van der Waals surface area contributed by atoms with E-state index < -0.39 is 0 Å². The summed E-state index contributed by atoms with van der Waals surface area (Å²) in [6.07, 6.45) is 5.06. The Kier molecular flexibility index (Phi) is 4.34. The fourth-order valence-corrected chi connectivity index (χ4v) is 3.46. The van der Waals surface area contributed by atoms with E-state index in [0.717, 1.165) is 11.1 Å². The molecule has 0 aliphatic carbocycles. The van der Waals surface area contributed by atoms with E-state index in [1.54, 1.807) is 10.7 Å². The molecule has 2 atom stereocenters. The lowest BCUT2D eigenvalue weighted by molar-refractivity contribution is -0.0586. The molecule has 0 spiro atoms. The van der Waals surface area contributed by atoms with Gasteiger partial charge in [-0.1, -0.05) is 12.1 Å². The molecule has 7 heteroatoms. The Labute approximate surface area is 156 Å². The van der Waals surface area contributed by atoms with Crippen molar-refractivity contribution in [3.8, 4) is 17.2 Å². The zero-order valence-corrected chi connectivity index (χ0v) is 15.2. The van der Waals surface area contributed by atoms with E-state index >= 15 is 0 Å². The molecule has 1 aliphatic heterocycles. The number of amides is 1. The lowest BCUT2D eigenvalue weighted by Crippen LogP contribution is -2.48. The van der Waals surface area contributed by atoms with Crippen molar-refractivity contribution in [1.82, 2.24) is 19.5 Å². The molecule has 1 saturated heterocycles. The van der Waals surface area contributed by atoms with E-state index in [0.29, 0.717) is 29.9 Å². The van der Waals surface area contributed by atoms with Gasteiger partial charge in [-0.25, -0.2) is 9.50 Å². The van der Waals surface area contributed by atoms with Gasteiger partial charge in [0.05, 0.1) is 18.4 Å². The van der Waals surface area contributed by atoms with Crippen LogP contribution in [0.4, 0.5) is 0 Å². The van der Waals surface area contributed by atoms with E-state index in [4.69, 9.17) is 10.00 Å². The standard InChI is InChI=1S/C20H19N5O2/c1-13-10-24(11-14(2)27-13)20(26)16-5-3-4-15(6-16)18-8-22-19-17(7-21)9-23-25(19)12-18/h3-6,8-9,12-14H,10-11H2,1-2H3/t13-,14+. The van der Waals surface area contributed by atoms with Crippen molar-refractivity contribution in [3.05, 3.63) is 54.0 Å². The van der Waals surface area contributed by atoms with E-state index in [9.17, 15) is 4.79 Å². The van der Waals surface area contributed by atoms with E-state index in [1.165, 1.54) is 6.20 Å². The Bertz CT molecular complexity index is 1040. The van der Waals surface area contributed by atoms with Crippen molar-refractivity contribution in [2.45, 2.75) is 26.1 Å². The van der Waals surface area contributed by atoms with Gasteiger partial charge in [-0.05, 0) is 31.5 Å². The molecule has 1 aliphatic rings. The molecule has 1 amide bonds. The van der Waals surface area contributed by atoms with Crippen molar-refractivity contribution in [2.24, 2.45) is 0 Å². The lowest BCUT2D eigenvalue weighted by atomic mass is 10.0. The van der Waals surface area contributed by atoms with Crippen LogP contribution in [-0.2, 0) is 4.74 Å². The fourth-order valence-electron chi connectivity index (χ4n) is 3.46. The molecular weight excluding hydrogens is 342 g/mol. The van der Waals surface area contributed by atoms with Crippen LogP contribution < -0.4 is 0 Å². The van der Waals surface area contributed by atoms with Crippen LogP contribution in [0.25, 0.3) is 16.8 Å². The number of hydrogen-bond acceptors (Lipinski definition) is 5. The third-order valence-electron chi connectivity index (χ3n) is 4.63. The lowest BCUT2D eigenvalue weighted by Gasteiger charge is -2.35. The predicted molar refractivity (Wildman–Crippen MR) is 99.1 cm³/mol. The van der Waals surface area contributed by atoms with Crippen LogP contribution >= 0.6 is 0 Å². The maximum Gasteiger partial charge on any atom is 0.254 e. The Morgan fingerprint density at radius 1 is 1.22 bits per heavy atom. The van der Waals surface area contributed by atoms with Crippen molar-refractivity contribution < 1.29 is 9.53 Å². The quantitative estimate of drug-likeness (QED) is 0.700. The van der Waals surface area contributed by atoms with Crippen molar-refractivity contribution in [2.75, 3.05) is 13.1 Å². The fraction of sp³-hybridized carbons (Fsp3) is 0.300. The Morgan fingerprint density at radius 2 is 2.00 bits per heavy atom. The van der Waals surface area contributed by atoms with Gasteiger partial charge in [-0.3, -0.25) is 4.79 Å². The number of nitriles is 1. The number of hydrogen-bond donors (Lipinski definition) is 0. The first-order chi connectivity index (χ1) is 13.0. The molecule has 2 aromatic heterocycles. The Balaban J connectivity index is 1.64. The van der Waals surface area contributed by atoms with Gasteiger partial charge >= 0.3 is 0 Å². The SMILES string of the molecule is C[C@@H]1CN(C(=O)c2cccc(-c3cnc4c(C#N)cnn4c3)c2)C[C@H](C)O1. The summed E-state index contributed by atoms with van der Waals surface area (Å²) in [7, 11) is 0. The van der Waals surface area contributed by atoms with Gasteiger partial charge in [0.15, 0.2) is 5.65 Å². The van der Waals surface area contributed by atoms with Gasteiger partial charge in [0.1, 0.15) is 11.6 Å². The van der Waals surface area contributed by atoms with E-state index in [1.807, 2.05) is 49.2 Å². The summed E-state index contributed by atoms with van der Waals surface area (Å²) in [4.78, 5) is 19.1. The molecule has 0 saturated carbocycles. The van der Waals surface area contributed by atoms with Crippen LogP contribution in [0.3, 0.4) is 0 Å². The second-order valence-corrected chi connectivity index (χ2v) is 6.83. The Hall–Kier alpha value is -3.24. The highest BCUT2D eigenvalue weighted by Gasteiger charge is 2.26. The summed E-state index contributed by atoms with van der Waals surface area (Å²) in [6, 6.07) is 9.55. The van der Waals surface area contributed by atoms with Gasteiger partial charge in [0, 0.05) is 36.6 Å². The van der Waals surface area contributed by atoms with Gasteiger partial charge in [0.2, 0.25) is 0 Å². The summed E-state index contributed by atoms with van der Waals surface area (Å²) in [5.41, 5.74) is 3.28. The molecule has 3 aromatic rings. The maximum absolute atomic E-state index is 12.9. The summed E-state index contributed by atoms with van der Waals surface area (Å²) < 4.78 is 7.29. The largest absolute Gasteiger partial charge is 0.372 e. The van der Waals surface area contributed by atoms with Crippen LogP contribution in [0.15, 0.2) is 42.9 Å². The number of ether oxygens (including phenoxy) is 1. The molecule has 0 bridgehead atoms. The molecule has 4 rings (SSSR count). The summed E-state index contributed by atoms with van der Waals surface area (Å²) in [5, 5.41) is 13.2. The molecule has 0 unspecified atom stereocenters. The molecule has 27 heavy (non-hydrogen) atoms. The van der Waals surface area contributed by atoms with Gasteiger partial charge in [-0.2, -0.15) is 10.4 Å². The molecule has 1 fully saturated rings. The van der Waals surface area contributed by atoms with E-state index in [-0.39, 0.29) is 18.1 Å². The predicted octanol–water partition coefficient (Wildman–Crippen LogP) is 2.52. The third-order valence-corrected chi connectivity index (χ3v) is 4.63. The maximum atomic E-state index is 12.9. The number of rotatable bonds is 2. The number of aromatic nitrogens is 3. The number of carbonyl (C=O) groups is 1. The average molecular weight is 361 g/mol. The normalized spacial score (nSPS) is 19.8. The number of morpholine rings is 1. The van der Waals surface area contributed by atoms with Crippen LogP contribution in [0.1, 0.15) is 29.8 Å². The molecule has 136 valence electrons. The minimum Gasteiger partial charge on any atom is -0.372 e. The molecule has 7 nitrogen and oxygen atoms in total. The average Bonchev–Trinajstić information content (AvgIpc) is 3.09. The molecule has 0 radical (unpaired) electrons. The highest BCUT2D eigenvalue weighted by atomic mass is 16.5. The van der Waals surface area contributed by atoms with Crippen molar-refractivity contribution >= 4 is 11.6 Å². The monoisotopic (exact) mass is 361 g/mol. The second kappa shape index (κ2) is 6.82. The minimum absolute atomic E-state index is 0.00116. The number of benzene rings is 1.